The molecular weight excluding hydrogens is 298 g/mol. The van der Waals surface area contributed by atoms with Crippen LogP contribution in [0.2, 0.25) is 0 Å². The quantitative estimate of drug-likeness (QED) is 0.515. The highest BCUT2D eigenvalue weighted by Gasteiger charge is 2.11. The molecule has 0 aliphatic carbocycles. The molecule has 0 fully saturated rings. The second-order valence-electron chi connectivity index (χ2n) is 4.84. The van der Waals surface area contributed by atoms with Crippen molar-refractivity contribution >= 4 is 23.5 Å². The lowest BCUT2D eigenvalue weighted by Gasteiger charge is -2.14. The summed E-state index contributed by atoms with van der Waals surface area (Å²) in [6, 6.07) is 7.69. The molecule has 23 heavy (non-hydrogen) atoms. The Morgan fingerprint density at radius 1 is 1.39 bits per heavy atom. The molecule has 0 bridgehead atoms. The van der Waals surface area contributed by atoms with E-state index in [1.807, 2.05) is 14.1 Å². The molecule has 2 rings (SSSR count). The van der Waals surface area contributed by atoms with Gasteiger partial charge in [-0.05, 0) is 18.2 Å². The van der Waals surface area contributed by atoms with Crippen LogP contribution in [-0.4, -0.2) is 36.1 Å². The number of carbonyl (C=O) groups is 1. The minimum Gasteiger partial charge on any atom is -0.377 e. The smallest absolute Gasteiger partial charge is 0.272 e. The number of non-ortho nitro benzene ring substituents is 1. The minimum atomic E-state index is -0.481. The summed E-state index contributed by atoms with van der Waals surface area (Å²) in [5, 5.41) is 14.7. The van der Waals surface area contributed by atoms with Crippen LogP contribution in [0.4, 0.5) is 11.4 Å². The van der Waals surface area contributed by atoms with Gasteiger partial charge in [0.25, 0.3) is 11.6 Å². The predicted octanol–water partition coefficient (Wildman–Crippen LogP) is 1.82. The maximum atomic E-state index is 11.8. The van der Waals surface area contributed by atoms with Crippen molar-refractivity contribution in [3.05, 3.63) is 64.0 Å². The van der Waals surface area contributed by atoms with Crippen LogP contribution < -0.4 is 10.3 Å². The number of benzene rings is 1. The van der Waals surface area contributed by atoms with Gasteiger partial charge in [0.15, 0.2) is 0 Å². The molecule has 0 saturated heterocycles. The standard InChI is InChI=1S/C15H15N5O3/c1-19(2)14-6-5-13(20(22)23)8-12(14)10-17-18-15(21)11-4-3-7-16-9-11/h3-10H,1-2H3,(H,18,21). The van der Waals surface area contributed by atoms with Gasteiger partial charge in [-0.15, -0.1) is 0 Å². The second-order valence-corrected chi connectivity index (χ2v) is 4.84. The van der Waals surface area contributed by atoms with Crippen LogP contribution >= 0.6 is 0 Å². The highest BCUT2D eigenvalue weighted by Crippen LogP contribution is 2.22. The molecule has 0 radical (unpaired) electrons. The number of rotatable bonds is 5. The van der Waals surface area contributed by atoms with E-state index in [1.54, 1.807) is 29.3 Å². The maximum absolute atomic E-state index is 11.8. The molecule has 0 aliphatic rings. The first kappa shape index (κ1) is 16.1. The van der Waals surface area contributed by atoms with Crippen molar-refractivity contribution in [2.24, 2.45) is 5.10 Å². The molecule has 0 aliphatic heterocycles. The van der Waals surface area contributed by atoms with E-state index in [4.69, 9.17) is 0 Å². The summed E-state index contributed by atoms with van der Waals surface area (Å²) in [5.41, 5.74) is 3.96. The molecule has 1 aromatic carbocycles. The molecule has 1 aromatic heterocycles. The normalized spacial score (nSPS) is 10.5. The average molecular weight is 313 g/mol. The van der Waals surface area contributed by atoms with Gasteiger partial charge in [0.2, 0.25) is 0 Å². The van der Waals surface area contributed by atoms with Crippen LogP contribution in [0.3, 0.4) is 0 Å². The van der Waals surface area contributed by atoms with Gasteiger partial charge in [0.05, 0.1) is 16.7 Å². The van der Waals surface area contributed by atoms with E-state index in [2.05, 4.69) is 15.5 Å². The topological polar surface area (TPSA) is 101 Å². The summed E-state index contributed by atoms with van der Waals surface area (Å²) >= 11 is 0. The molecule has 1 heterocycles. The summed E-state index contributed by atoms with van der Waals surface area (Å²) in [7, 11) is 3.62. The van der Waals surface area contributed by atoms with Gasteiger partial charge >= 0.3 is 0 Å². The Bertz CT molecular complexity index is 744. The van der Waals surface area contributed by atoms with Crippen molar-refractivity contribution in [1.29, 1.82) is 0 Å². The Morgan fingerprint density at radius 3 is 2.78 bits per heavy atom. The molecular formula is C15H15N5O3. The Labute approximate surface area is 132 Å². The lowest BCUT2D eigenvalue weighted by atomic mass is 10.1. The van der Waals surface area contributed by atoms with Crippen molar-refractivity contribution in [2.75, 3.05) is 19.0 Å². The zero-order valence-electron chi connectivity index (χ0n) is 12.6. The maximum Gasteiger partial charge on any atom is 0.272 e. The SMILES string of the molecule is CN(C)c1ccc([N+](=O)[O-])cc1C=NNC(=O)c1cccnc1. The van der Waals surface area contributed by atoms with E-state index in [1.165, 1.54) is 24.5 Å². The van der Waals surface area contributed by atoms with Gasteiger partial charge in [-0.2, -0.15) is 5.10 Å². The predicted molar refractivity (Wildman–Crippen MR) is 86.7 cm³/mol. The summed E-state index contributed by atoms with van der Waals surface area (Å²) in [5.74, 6) is -0.411. The van der Waals surface area contributed by atoms with Crippen LogP contribution in [0.5, 0.6) is 0 Å². The molecule has 8 nitrogen and oxygen atoms in total. The average Bonchev–Trinajstić information content (AvgIpc) is 2.55. The number of hydrogen-bond acceptors (Lipinski definition) is 6. The molecule has 8 heteroatoms. The lowest BCUT2D eigenvalue weighted by Crippen LogP contribution is -2.18. The first-order valence-electron chi connectivity index (χ1n) is 6.68. The number of nitrogens with one attached hydrogen (secondary N) is 1. The number of carbonyl (C=O) groups excluding carboxylic acids is 1. The van der Waals surface area contributed by atoms with Gasteiger partial charge in [-0.1, -0.05) is 0 Å². The van der Waals surface area contributed by atoms with Gasteiger partial charge < -0.3 is 4.90 Å². The molecule has 0 unspecified atom stereocenters. The number of anilines is 1. The number of hydrogen-bond donors (Lipinski definition) is 1. The number of amides is 1. The van der Waals surface area contributed by atoms with Crippen LogP contribution in [0.1, 0.15) is 15.9 Å². The molecule has 0 spiro atoms. The molecule has 118 valence electrons. The minimum absolute atomic E-state index is 0.0457. The van der Waals surface area contributed by atoms with E-state index >= 15 is 0 Å². The Hall–Kier alpha value is -3.29. The zero-order chi connectivity index (χ0) is 16.8. The van der Waals surface area contributed by atoms with E-state index in [0.717, 1.165) is 5.69 Å². The Balaban J connectivity index is 2.19. The van der Waals surface area contributed by atoms with Crippen LogP contribution in [0.15, 0.2) is 47.8 Å². The van der Waals surface area contributed by atoms with Crippen molar-refractivity contribution in [3.8, 4) is 0 Å². The monoisotopic (exact) mass is 313 g/mol. The second kappa shape index (κ2) is 7.12. The highest BCUT2D eigenvalue weighted by molar-refractivity contribution is 5.95. The number of pyridine rings is 1. The van der Waals surface area contributed by atoms with E-state index < -0.39 is 10.8 Å². The van der Waals surface area contributed by atoms with Gasteiger partial charge in [-0.25, -0.2) is 5.43 Å². The summed E-state index contributed by atoms with van der Waals surface area (Å²) in [4.78, 5) is 27.9. The third kappa shape index (κ3) is 4.10. The summed E-state index contributed by atoms with van der Waals surface area (Å²) in [6.45, 7) is 0. The molecule has 0 saturated carbocycles. The van der Waals surface area contributed by atoms with E-state index in [0.29, 0.717) is 11.1 Å². The fourth-order valence-corrected chi connectivity index (χ4v) is 1.89. The molecule has 1 N–H and O–H groups in total. The zero-order valence-corrected chi connectivity index (χ0v) is 12.6. The number of nitro benzene ring substituents is 1. The van der Waals surface area contributed by atoms with Crippen molar-refractivity contribution in [1.82, 2.24) is 10.4 Å². The number of nitro groups is 1. The van der Waals surface area contributed by atoms with Crippen LogP contribution in [0.25, 0.3) is 0 Å². The largest absolute Gasteiger partial charge is 0.377 e. The van der Waals surface area contributed by atoms with E-state index in [-0.39, 0.29) is 5.69 Å². The summed E-state index contributed by atoms with van der Waals surface area (Å²) < 4.78 is 0. The Morgan fingerprint density at radius 2 is 2.17 bits per heavy atom. The van der Waals surface area contributed by atoms with Gasteiger partial charge in [-0.3, -0.25) is 19.9 Å². The third-order valence-corrected chi connectivity index (χ3v) is 3.00. The lowest BCUT2D eigenvalue weighted by molar-refractivity contribution is -0.384. The number of nitrogens with zero attached hydrogens (tertiary/aromatic N) is 4. The van der Waals surface area contributed by atoms with Crippen molar-refractivity contribution in [2.45, 2.75) is 0 Å². The van der Waals surface area contributed by atoms with Gasteiger partial charge in [0.1, 0.15) is 0 Å². The molecule has 0 atom stereocenters. The first-order valence-corrected chi connectivity index (χ1v) is 6.68. The van der Waals surface area contributed by atoms with Crippen molar-refractivity contribution in [3.63, 3.8) is 0 Å². The Kier molecular flexibility index (Phi) is 4.98. The number of hydrazone groups is 1. The summed E-state index contributed by atoms with van der Waals surface area (Å²) in [6.07, 6.45) is 4.35. The van der Waals surface area contributed by atoms with Gasteiger partial charge in [0, 0.05) is 49.9 Å². The van der Waals surface area contributed by atoms with Crippen molar-refractivity contribution < 1.29 is 9.72 Å². The van der Waals surface area contributed by atoms with E-state index in [9.17, 15) is 14.9 Å². The highest BCUT2D eigenvalue weighted by atomic mass is 16.6. The van der Waals surface area contributed by atoms with Crippen LogP contribution in [-0.2, 0) is 0 Å². The fourth-order valence-electron chi connectivity index (χ4n) is 1.89. The fraction of sp³-hybridized carbons (Fsp3) is 0.133. The molecule has 1 amide bonds. The molecule has 2 aromatic rings. The van der Waals surface area contributed by atoms with Crippen LogP contribution in [0, 0.1) is 10.1 Å². The number of aromatic nitrogens is 1. The third-order valence-electron chi connectivity index (χ3n) is 3.00. The first-order chi connectivity index (χ1) is 11.0.